The quantitative estimate of drug-likeness (QED) is 0.463. The molecule has 100 valence electrons. The Kier molecular flexibility index (Phi) is 9.31. The second kappa shape index (κ2) is 10.0. The largest absolute Gasteiger partial charge is 0.382 e. The maximum absolute atomic E-state index is 11.2. The minimum absolute atomic E-state index is 0.433. The molecule has 1 atom stereocenters. The van der Waals surface area contributed by atoms with Crippen molar-refractivity contribution in [2.75, 3.05) is 33.5 Å². The molecule has 0 saturated heterocycles. The summed E-state index contributed by atoms with van der Waals surface area (Å²) in [4.78, 5) is 21.7. The zero-order chi connectivity index (χ0) is 13.1. The number of nitrogens with two attached hydrogens (primary N) is 1. The molecule has 1 unspecified atom stereocenters. The first-order valence-corrected chi connectivity index (χ1v) is 5.48. The van der Waals surface area contributed by atoms with Gasteiger partial charge in [0.2, 0.25) is 5.91 Å². The van der Waals surface area contributed by atoms with Crippen LogP contribution in [0.25, 0.3) is 0 Å². The van der Waals surface area contributed by atoms with Gasteiger partial charge < -0.3 is 20.5 Å². The SMILES string of the molecule is COCCOCCCNC(C)C(=O)NC(N)=O. The van der Waals surface area contributed by atoms with Crippen LogP contribution in [0.1, 0.15) is 13.3 Å². The lowest BCUT2D eigenvalue weighted by Gasteiger charge is -2.12. The van der Waals surface area contributed by atoms with Crippen molar-refractivity contribution in [3.05, 3.63) is 0 Å². The van der Waals surface area contributed by atoms with E-state index in [2.05, 4.69) is 5.32 Å². The van der Waals surface area contributed by atoms with Crippen LogP contribution in [-0.2, 0) is 14.3 Å². The summed E-state index contributed by atoms with van der Waals surface area (Å²) in [6.07, 6.45) is 0.776. The van der Waals surface area contributed by atoms with E-state index >= 15 is 0 Å². The highest BCUT2D eigenvalue weighted by Crippen LogP contribution is 1.85. The monoisotopic (exact) mass is 247 g/mol. The van der Waals surface area contributed by atoms with Crippen molar-refractivity contribution in [1.29, 1.82) is 0 Å². The number of methoxy groups -OCH3 is 1. The molecule has 7 heteroatoms. The summed E-state index contributed by atoms with van der Waals surface area (Å²) in [7, 11) is 1.62. The molecule has 4 N–H and O–H groups in total. The van der Waals surface area contributed by atoms with Crippen LogP contribution in [0.5, 0.6) is 0 Å². The highest BCUT2D eigenvalue weighted by molar-refractivity contribution is 5.96. The number of carbonyl (C=O) groups is 2. The number of rotatable bonds is 9. The fraction of sp³-hybridized carbons (Fsp3) is 0.800. The van der Waals surface area contributed by atoms with E-state index in [4.69, 9.17) is 15.2 Å². The van der Waals surface area contributed by atoms with Crippen molar-refractivity contribution < 1.29 is 19.1 Å². The Hall–Kier alpha value is -1.18. The highest BCUT2D eigenvalue weighted by atomic mass is 16.5. The van der Waals surface area contributed by atoms with E-state index in [9.17, 15) is 9.59 Å². The lowest BCUT2D eigenvalue weighted by molar-refractivity contribution is -0.121. The zero-order valence-electron chi connectivity index (χ0n) is 10.3. The molecule has 0 aromatic carbocycles. The molecule has 0 aromatic heterocycles. The average molecular weight is 247 g/mol. The average Bonchev–Trinajstić information content (AvgIpc) is 2.26. The fourth-order valence-corrected chi connectivity index (χ4v) is 1.06. The highest BCUT2D eigenvalue weighted by Gasteiger charge is 2.12. The van der Waals surface area contributed by atoms with E-state index in [0.717, 1.165) is 6.42 Å². The Morgan fingerprint density at radius 2 is 2.00 bits per heavy atom. The number of hydrogen-bond acceptors (Lipinski definition) is 5. The predicted octanol–water partition coefficient (Wildman–Crippen LogP) is -0.787. The molecule has 7 nitrogen and oxygen atoms in total. The molecule has 0 saturated carbocycles. The number of primary amides is 1. The van der Waals surface area contributed by atoms with Crippen LogP contribution in [0, 0.1) is 0 Å². The second-order valence-corrected chi connectivity index (χ2v) is 3.49. The summed E-state index contributed by atoms with van der Waals surface area (Å²) < 4.78 is 10.1. The van der Waals surface area contributed by atoms with Crippen LogP contribution in [0.2, 0.25) is 0 Å². The van der Waals surface area contributed by atoms with Gasteiger partial charge in [0.05, 0.1) is 19.3 Å². The molecule has 0 heterocycles. The molecule has 3 amide bonds. The van der Waals surface area contributed by atoms with Crippen LogP contribution in [0.15, 0.2) is 0 Å². The standard InChI is InChI=1S/C10H21N3O4/c1-8(9(14)13-10(11)15)12-4-3-5-17-7-6-16-2/h8,12H,3-7H2,1-2H3,(H3,11,13,14,15). The summed E-state index contributed by atoms with van der Waals surface area (Å²) >= 11 is 0. The van der Waals surface area contributed by atoms with Gasteiger partial charge in [0.15, 0.2) is 0 Å². The lowest BCUT2D eigenvalue weighted by atomic mass is 10.3. The smallest absolute Gasteiger partial charge is 0.318 e. The van der Waals surface area contributed by atoms with Gasteiger partial charge >= 0.3 is 6.03 Å². The minimum Gasteiger partial charge on any atom is -0.382 e. The molecule has 0 aromatic rings. The third kappa shape index (κ3) is 9.73. The van der Waals surface area contributed by atoms with Crippen LogP contribution in [-0.4, -0.2) is 51.5 Å². The summed E-state index contributed by atoms with van der Waals surface area (Å²) in [6.45, 7) is 4.02. The Bertz CT molecular complexity index is 236. The van der Waals surface area contributed by atoms with Crippen LogP contribution in [0.3, 0.4) is 0 Å². The Balaban J connectivity index is 3.41. The molecule has 0 bridgehead atoms. The van der Waals surface area contributed by atoms with E-state index in [1.54, 1.807) is 14.0 Å². The van der Waals surface area contributed by atoms with Crippen molar-refractivity contribution in [3.8, 4) is 0 Å². The summed E-state index contributed by atoms with van der Waals surface area (Å²) in [6, 6.07) is -1.30. The molecule has 0 rings (SSSR count). The summed E-state index contributed by atoms with van der Waals surface area (Å²) in [5, 5.41) is 4.95. The molecule has 0 aliphatic carbocycles. The lowest BCUT2D eigenvalue weighted by Crippen LogP contribution is -2.46. The van der Waals surface area contributed by atoms with Crippen LogP contribution in [0.4, 0.5) is 4.79 Å². The number of nitrogens with one attached hydrogen (secondary N) is 2. The second-order valence-electron chi connectivity index (χ2n) is 3.49. The predicted molar refractivity (Wildman–Crippen MR) is 62.5 cm³/mol. The number of carbonyl (C=O) groups excluding carboxylic acids is 2. The van der Waals surface area contributed by atoms with Gasteiger partial charge in [-0.15, -0.1) is 0 Å². The maximum atomic E-state index is 11.2. The number of urea groups is 1. The molecule has 0 radical (unpaired) electrons. The molecule has 0 aliphatic rings. The third-order valence-corrected chi connectivity index (χ3v) is 1.99. The number of ether oxygens (including phenoxy) is 2. The van der Waals surface area contributed by atoms with Crippen molar-refractivity contribution in [3.63, 3.8) is 0 Å². The van der Waals surface area contributed by atoms with Crippen molar-refractivity contribution in [2.45, 2.75) is 19.4 Å². The molecule has 17 heavy (non-hydrogen) atoms. The number of amides is 3. The van der Waals surface area contributed by atoms with Gasteiger partial charge in [-0.1, -0.05) is 0 Å². The third-order valence-electron chi connectivity index (χ3n) is 1.99. The zero-order valence-corrected chi connectivity index (χ0v) is 10.3. The van der Waals surface area contributed by atoms with Crippen LogP contribution < -0.4 is 16.4 Å². The van der Waals surface area contributed by atoms with Gasteiger partial charge in [0.25, 0.3) is 0 Å². The first kappa shape index (κ1) is 15.8. The van der Waals surface area contributed by atoms with Gasteiger partial charge in [-0.05, 0) is 19.9 Å². The van der Waals surface area contributed by atoms with E-state index in [1.165, 1.54) is 0 Å². The number of imide groups is 1. The van der Waals surface area contributed by atoms with E-state index in [0.29, 0.717) is 26.4 Å². The van der Waals surface area contributed by atoms with E-state index in [1.807, 2.05) is 5.32 Å². The van der Waals surface area contributed by atoms with Gasteiger partial charge in [-0.25, -0.2) is 4.79 Å². The molecule has 0 aliphatic heterocycles. The minimum atomic E-state index is -0.841. The van der Waals surface area contributed by atoms with Crippen molar-refractivity contribution in [1.82, 2.24) is 10.6 Å². The van der Waals surface area contributed by atoms with Gasteiger partial charge in [-0.3, -0.25) is 10.1 Å². The Morgan fingerprint density at radius 3 is 2.59 bits per heavy atom. The first-order chi connectivity index (χ1) is 8.07. The topological polar surface area (TPSA) is 103 Å². The number of hydrogen-bond donors (Lipinski definition) is 3. The van der Waals surface area contributed by atoms with Crippen LogP contribution >= 0.6 is 0 Å². The molecule has 0 spiro atoms. The molecular formula is C10H21N3O4. The van der Waals surface area contributed by atoms with Gasteiger partial charge in [0.1, 0.15) is 0 Å². The maximum Gasteiger partial charge on any atom is 0.318 e. The Morgan fingerprint density at radius 1 is 1.29 bits per heavy atom. The molecular weight excluding hydrogens is 226 g/mol. The van der Waals surface area contributed by atoms with Gasteiger partial charge in [0, 0.05) is 13.7 Å². The first-order valence-electron chi connectivity index (χ1n) is 5.48. The summed E-state index contributed by atoms with van der Waals surface area (Å²) in [5.74, 6) is -0.433. The van der Waals surface area contributed by atoms with E-state index < -0.39 is 18.0 Å². The van der Waals surface area contributed by atoms with Crippen molar-refractivity contribution in [2.24, 2.45) is 5.73 Å². The fourth-order valence-electron chi connectivity index (χ4n) is 1.06. The Labute approximate surface area is 101 Å². The normalized spacial score (nSPS) is 12.1. The van der Waals surface area contributed by atoms with Crippen molar-refractivity contribution >= 4 is 11.9 Å². The molecule has 0 fully saturated rings. The van der Waals surface area contributed by atoms with E-state index in [-0.39, 0.29) is 0 Å². The summed E-state index contributed by atoms with van der Waals surface area (Å²) in [5.41, 5.74) is 4.82. The van der Waals surface area contributed by atoms with Gasteiger partial charge in [-0.2, -0.15) is 0 Å².